The molecule has 3 N–H and O–H groups in total. The minimum atomic E-state index is -0.0735. The summed E-state index contributed by atoms with van der Waals surface area (Å²) in [4.78, 5) is 8.25. The lowest BCUT2D eigenvalue weighted by Gasteiger charge is -2.17. The van der Waals surface area contributed by atoms with Crippen LogP contribution in [0.3, 0.4) is 0 Å². The molecule has 0 saturated heterocycles. The summed E-state index contributed by atoms with van der Waals surface area (Å²) in [7, 11) is 0. The van der Waals surface area contributed by atoms with Gasteiger partial charge in [-0.2, -0.15) is 0 Å². The van der Waals surface area contributed by atoms with Gasteiger partial charge in [-0.05, 0) is 40.5 Å². The Morgan fingerprint density at radius 2 is 2.11 bits per heavy atom. The van der Waals surface area contributed by atoms with Gasteiger partial charge in [-0.25, -0.2) is 9.97 Å². The molecule has 2 rings (SSSR count). The molecule has 1 heterocycles. The lowest BCUT2D eigenvalue weighted by molar-refractivity contribution is 0.871. The number of anilines is 2. The summed E-state index contributed by atoms with van der Waals surface area (Å²) in [5.74, 6) is 0.841. The molecule has 0 radical (unpaired) electrons. The van der Waals surface area contributed by atoms with Crippen LogP contribution < -0.4 is 11.1 Å². The first-order valence-electron chi connectivity index (χ1n) is 5.47. The first-order chi connectivity index (χ1) is 8.97. The van der Waals surface area contributed by atoms with E-state index in [0.29, 0.717) is 26.3 Å². The van der Waals surface area contributed by atoms with Gasteiger partial charge >= 0.3 is 0 Å². The van der Waals surface area contributed by atoms with Crippen LogP contribution in [0.1, 0.15) is 18.5 Å². The van der Waals surface area contributed by atoms with E-state index in [4.69, 9.17) is 28.9 Å². The molecule has 0 fully saturated rings. The van der Waals surface area contributed by atoms with Crippen molar-refractivity contribution in [3.8, 4) is 0 Å². The number of nitrogens with one attached hydrogen (secondary N) is 1. The lowest BCUT2D eigenvalue weighted by atomic mass is 10.1. The van der Waals surface area contributed by atoms with Crippen molar-refractivity contribution in [3.05, 3.63) is 44.6 Å². The molecule has 0 aliphatic rings. The first-order valence-corrected chi connectivity index (χ1v) is 7.01. The summed E-state index contributed by atoms with van der Waals surface area (Å²) in [6.07, 6.45) is 1.54. The molecule has 2 aromatic rings. The van der Waals surface area contributed by atoms with Gasteiger partial charge in [-0.1, -0.05) is 29.3 Å². The van der Waals surface area contributed by atoms with Crippen molar-refractivity contribution in [2.24, 2.45) is 0 Å². The van der Waals surface area contributed by atoms with Crippen LogP contribution in [-0.4, -0.2) is 9.97 Å². The molecular formula is C12H11BrCl2N4. The molecule has 0 aliphatic carbocycles. The number of hydrogen-bond acceptors (Lipinski definition) is 4. The van der Waals surface area contributed by atoms with Crippen molar-refractivity contribution in [2.75, 3.05) is 11.1 Å². The maximum absolute atomic E-state index is 6.16. The van der Waals surface area contributed by atoms with Gasteiger partial charge in [-0.3, -0.25) is 0 Å². The maximum atomic E-state index is 6.16. The Morgan fingerprint density at radius 1 is 1.37 bits per heavy atom. The highest BCUT2D eigenvalue weighted by Gasteiger charge is 2.13. The number of hydrogen-bond donors (Lipinski definition) is 2. The summed E-state index contributed by atoms with van der Waals surface area (Å²) in [5.41, 5.74) is 6.68. The highest BCUT2D eigenvalue weighted by Crippen LogP contribution is 2.29. The number of benzene rings is 1. The molecule has 0 unspecified atom stereocenters. The molecule has 1 aromatic heterocycles. The van der Waals surface area contributed by atoms with Crippen LogP contribution in [0, 0.1) is 0 Å². The highest BCUT2D eigenvalue weighted by atomic mass is 79.9. The summed E-state index contributed by atoms with van der Waals surface area (Å²) in [5, 5.41) is 4.36. The lowest BCUT2D eigenvalue weighted by Crippen LogP contribution is -2.11. The molecule has 0 saturated carbocycles. The minimum Gasteiger partial charge on any atom is -0.381 e. The third-order valence-corrected chi connectivity index (χ3v) is 3.50. The van der Waals surface area contributed by atoms with E-state index < -0.39 is 0 Å². The number of halogens is 3. The van der Waals surface area contributed by atoms with Crippen LogP contribution in [0.5, 0.6) is 0 Å². The predicted molar refractivity (Wildman–Crippen MR) is 82.6 cm³/mol. The van der Waals surface area contributed by atoms with Crippen molar-refractivity contribution in [1.82, 2.24) is 9.97 Å². The Balaban J connectivity index is 2.25. The molecule has 1 atom stereocenters. The minimum absolute atomic E-state index is 0.0735. The van der Waals surface area contributed by atoms with E-state index in [-0.39, 0.29) is 6.04 Å². The molecule has 7 heteroatoms. The largest absolute Gasteiger partial charge is 0.381 e. The zero-order valence-corrected chi connectivity index (χ0v) is 13.1. The van der Waals surface area contributed by atoms with Gasteiger partial charge in [0.15, 0.2) is 11.6 Å². The Hall–Kier alpha value is -1.04. The third-order valence-electron chi connectivity index (χ3n) is 2.55. The van der Waals surface area contributed by atoms with Gasteiger partial charge in [0.25, 0.3) is 0 Å². The van der Waals surface area contributed by atoms with Gasteiger partial charge < -0.3 is 11.1 Å². The van der Waals surface area contributed by atoms with Gasteiger partial charge in [-0.15, -0.1) is 0 Å². The average molecular weight is 362 g/mol. The zero-order chi connectivity index (χ0) is 14.0. The first kappa shape index (κ1) is 14.4. The van der Waals surface area contributed by atoms with Crippen LogP contribution in [0.15, 0.2) is 29.0 Å². The second kappa shape index (κ2) is 5.94. The van der Waals surface area contributed by atoms with E-state index in [1.54, 1.807) is 18.3 Å². The average Bonchev–Trinajstić information content (AvgIpc) is 2.33. The monoisotopic (exact) mass is 360 g/mol. The van der Waals surface area contributed by atoms with E-state index in [1.165, 1.54) is 0 Å². The number of nitrogens with two attached hydrogens (primary N) is 1. The van der Waals surface area contributed by atoms with Gasteiger partial charge in [0.2, 0.25) is 0 Å². The standard InChI is InChI=1S/C12H11BrCl2N4/c1-6(8-3-2-7(14)4-9(8)15)18-12-11(16)17-5-10(13)19-12/h2-6H,1H3,(H2,16,17)(H,18,19)/t6-/m1/s1. The van der Waals surface area contributed by atoms with E-state index >= 15 is 0 Å². The van der Waals surface area contributed by atoms with Crippen LogP contribution in [0.4, 0.5) is 11.6 Å². The van der Waals surface area contributed by atoms with E-state index in [1.807, 2.05) is 13.0 Å². The fraction of sp³-hybridized carbons (Fsp3) is 0.167. The maximum Gasteiger partial charge on any atom is 0.170 e. The molecular weight excluding hydrogens is 351 g/mol. The number of aromatic nitrogens is 2. The van der Waals surface area contributed by atoms with Crippen molar-refractivity contribution in [1.29, 1.82) is 0 Å². The molecule has 0 amide bonds. The second-order valence-electron chi connectivity index (χ2n) is 3.96. The summed E-state index contributed by atoms with van der Waals surface area (Å²) in [6, 6.07) is 5.28. The third kappa shape index (κ3) is 3.49. The predicted octanol–water partition coefficient (Wildman–Crippen LogP) is 4.30. The normalized spacial score (nSPS) is 12.2. The van der Waals surface area contributed by atoms with Gasteiger partial charge in [0.05, 0.1) is 12.2 Å². The highest BCUT2D eigenvalue weighted by molar-refractivity contribution is 9.10. The molecule has 0 bridgehead atoms. The van der Waals surface area contributed by atoms with E-state index in [0.717, 1.165) is 5.56 Å². The Labute approximate surface area is 129 Å². The fourth-order valence-electron chi connectivity index (χ4n) is 1.62. The van der Waals surface area contributed by atoms with Crippen molar-refractivity contribution < 1.29 is 0 Å². The van der Waals surface area contributed by atoms with E-state index in [2.05, 4.69) is 31.2 Å². The number of nitrogens with zero attached hydrogens (tertiary/aromatic N) is 2. The van der Waals surface area contributed by atoms with Gasteiger partial charge in [0, 0.05) is 10.0 Å². The zero-order valence-electron chi connectivity index (χ0n) is 9.99. The van der Waals surface area contributed by atoms with Crippen LogP contribution in [-0.2, 0) is 0 Å². The Bertz CT molecular complexity index is 606. The molecule has 0 aliphatic heterocycles. The quantitative estimate of drug-likeness (QED) is 0.855. The summed E-state index contributed by atoms with van der Waals surface area (Å²) >= 11 is 15.3. The SMILES string of the molecule is C[C@@H](Nc1nc(Br)cnc1N)c1ccc(Cl)cc1Cl. The second-order valence-corrected chi connectivity index (χ2v) is 5.61. The smallest absolute Gasteiger partial charge is 0.170 e. The van der Waals surface area contributed by atoms with Crippen LogP contribution in [0.25, 0.3) is 0 Å². The van der Waals surface area contributed by atoms with Crippen molar-refractivity contribution in [2.45, 2.75) is 13.0 Å². The number of nitrogen functional groups attached to an aromatic ring is 1. The van der Waals surface area contributed by atoms with Crippen LogP contribution >= 0.6 is 39.1 Å². The molecule has 1 aromatic carbocycles. The number of rotatable bonds is 3. The van der Waals surface area contributed by atoms with Crippen molar-refractivity contribution in [3.63, 3.8) is 0 Å². The topological polar surface area (TPSA) is 63.8 Å². The summed E-state index contributed by atoms with van der Waals surface area (Å²) in [6.45, 7) is 1.96. The molecule has 0 spiro atoms. The van der Waals surface area contributed by atoms with Gasteiger partial charge in [0.1, 0.15) is 4.60 Å². The Kier molecular flexibility index (Phi) is 4.50. The van der Waals surface area contributed by atoms with Crippen LogP contribution in [0.2, 0.25) is 10.0 Å². The Morgan fingerprint density at radius 3 is 2.79 bits per heavy atom. The molecule has 19 heavy (non-hydrogen) atoms. The molecule has 4 nitrogen and oxygen atoms in total. The van der Waals surface area contributed by atoms with Crippen molar-refractivity contribution >= 4 is 50.8 Å². The van der Waals surface area contributed by atoms with E-state index in [9.17, 15) is 0 Å². The molecule has 100 valence electrons. The summed E-state index contributed by atoms with van der Waals surface area (Å²) < 4.78 is 0.610. The fourth-order valence-corrected chi connectivity index (χ4v) is 2.47.